The largest absolute Gasteiger partial charge is 1.00 e. The van der Waals surface area contributed by atoms with Crippen LogP contribution in [0, 0.1) is 11.8 Å². The molecule has 132 valence electrons. The van der Waals surface area contributed by atoms with Crippen LogP contribution in [-0.2, 0) is 9.59 Å². The number of carboxylic acid groups (broad SMARTS) is 1. The molecule has 0 aliphatic carbocycles. The fourth-order valence-corrected chi connectivity index (χ4v) is 5.32. The summed E-state index contributed by atoms with van der Waals surface area (Å²) >= 11 is 3.00. The number of thioether (sulfide) groups is 2. The molecule has 0 saturated carbocycles. The molecule has 0 bridgehead atoms. The van der Waals surface area contributed by atoms with Gasteiger partial charge in [-0.25, -0.2) is 0 Å². The molecular formula is C15H20N3NaO4S2. The summed E-state index contributed by atoms with van der Waals surface area (Å²) in [6.07, 6.45) is 1.15. The number of amides is 1. The Bertz CT molecular complexity index is 640. The van der Waals surface area contributed by atoms with Crippen molar-refractivity contribution in [1.82, 2.24) is 10.2 Å². The number of hydrogen-bond donors (Lipinski definition) is 2. The number of aliphatic hydroxyl groups excluding tert-OH is 1. The number of carbonyl (C=O) groups excluding carboxylic acids is 2. The van der Waals surface area contributed by atoms with Gasteiger partial charge in [0.1, 0.15) is 0 Å². The first-order valence-corrected chi connectivity index (χ1v) is 9.92. The van der Waals surface area contributed by atoms with Crippen LogP contribution in [0.4, 0.5) is 0 Å². The molecule has 0 radical (unpaired) electrons. The number of fused-ring (bicyclic) bond motifs is 1. The zero-order valence-corrected chi connectivity index (χ0v) is 18.3. The molecule has 5 atom stereocenters. The Morgan fingerprint density at radius 2 is 2.20 bits per heavy atom. The van der Waals surface area contributed by atoms with E-state index in [4.69, 9.17) is 0 Å². The summed E-state index contributed by atoms with van der Waals surface area (Å²) in [6, 6.07) is -0.297. The molecule has 1 amide bonds. The Morgan fingerprint density at radius 1 is 1.52 bits per heavy atom. The van der Waals surface area contributed by atoms with Crippen LogP contribution in [0.5, 0.6) is 0 Å². The average molecular weight is 393 g/mol. The topological polar surface area (TPSA) is 105 Å². The second-order valence-electron chi connectivity index (χ2n) is 6.22. The number of carbonyl (C=O) groups is 2. The summed E-state index contributed by atoms with van der Waals surface area (Å²) in [5, 5.41) is 25.7. The van der Waals surface area contributed by atoms with Gasteiger partial charge in [-0.15, -0.1) is 11.8 Å². The Balaban J connectivity index is 0.00000225. The summed E-state index contributed by atoms with van der Waals surface area (Å²) in [7, 11) is 0. The maximum absolute atomic E-state index is 12.3. The summed E-state index contributed by atoms with van der Waals surface area (Å²) in [5.41, 5.74) is -0.0287. The first kappa shape index (κ1) is 21.1. The van der Waals surface area contributed by atoms with Gasteiger partial charge in [0.25, 0.3) is 0 Å². The predicted octanol–water partition coefficient (Wildman–Crippen LogP) is -3.77. The smallest absolute Gasteiger partial charge is 0.543 e. The van der Waals surface area contributed by atoms with Crippen LogP contribution < -0.4 is 40.0 Å². The van der Waals surface area contributed by atoms with E-state index in [0.29, 0.717) is 18.0 Å². The van der Waals surface area contributed by atoms with Crippen molar-refractivity contribution in [2.75, 3.05) is 19.3 Å². The third-order valence-corrected chi connectivity index (χ3v) is 6.84. The first-order chi connectivity index (χ1) is 11.4. The summed E-state index contributed by atoms with van der Waals surface area (Å²) < 4.78 is 0. The van der Waals surface area contributed by atoms with Gasteiger partial charge in [-0.1, -0.05) is 18.7 Å². The molecule has 25 heavy (non-hydrogen) atoms. The second-order valence-corrected chi connectivity index (χ2v) is 8.36. The molecule has 0 aromatic rings. The molecule has 1 saturated heterocycles. The van der Waals surface area contributed by atoms with Crippen molar-refractivity contribution in [1.29, 1.82) is 0 Å². The van der Waals surface area contributed by atoms with Crippen molar-refractivity contribution in [2.45, 2.75) is 31.2 Å². The molecule has 3 aliphatic heterocycles. The van der Waals surface area contributed by atoms with Crippen molar-refractivity contribution in [2.24, 2.45) is 16.8 Å². The number of aliphatic imine (C=N–C) groups is 1. The van der Waals surface area contributed by atoms with Crippen molar-refractivity contribution < 1.29 is 49.4 Å². The Labute approximate surface area is 177 Å². The monoisotopic (exact) mass is 393 g/mol. The third-order valence-electron chi connectivity index (χ3n) is 4.71. The van der Waals surface area contributed by atoms with Crippen LogP contribution in [0.3, 0.4) is 0 Å². The molecular weight excluding hydrogens is 373 g/mol. The fourth-order valence-electron chi connectivity index (χ4n) is 3.57. The fraction of sp³-hybridized carbons (Fsp3) is 0.667. The molecule has 2 N–H and O–H groups in total. The van der Waals surface area contributed by atoms with Gasteiger partial charge in [0, 0.05) is 22.6 Å². The van der Waals surface area contributed by atoms with Gasteiger partial charge in [-0.05, 0) is 13.2 Å². The Morgan fingerprint density at radius 3 is 2.68 bits per heavy atom. The number of aliphatic carboxylic acids is 1. The second kappa shape index (κ2) is 8.22. The number of aliphatic hydroxyl groups is 1. The van der Waals surface area contributed by atoms with Crippen LogP contribution in [0.15, 0.2) is 15.6 Å². The number of hydrogen-bond acceptors (Lipinski definition) is 8. The maximum atomic E-state index is 12.3. The summed E-state index contributed by atoms with van der Waals surface area (Å²) in [4.78, 5) is 30.3. The van der Waals surface area contributed by atoms with Crippen LogP contribution in [-0.4, -0.2) is 63.8 Å². The first-order valence-electron chi connectivity index (χ1n) is 7.82. The van der Waals surface area contributed by atoms with Crippen LogP contribution >= 0.6 is 23.5 Å². The van der Waals surface area contributed by atoms with Gasteiger partial charge in [0.05, 0.1) is 36.3 Å². The minimum absolute atomic E-state index is 0. The van der Waals surface area contributed by atoms with E-state index >= 15 is 0 Å². The Kier molecular flexibility index (Phi) is 6.95. The van der Waals surface area contributed by atoms with E-state index in [1.807, 2.05) is 13.2 Å². The van der Waals surface area contributed by atoms with E-state index in [1.165, 1.54) is 16.7 Å². The third kappa shape index (κ3) is 3.64. The van der Waals surface area contributed by atoms with E-state index < -0.39 is 18.0 Å². The normalized spacial score (nSPS) is 32.2. The number of amidine groups is 1. The molecule has 0 aromatic heterocycles. The van der Waals surface area contributed by atoms with Crippen LogP contribution in [0.25, 0.3) is 0 Å². The molecule has 3 rings (SSSR count). The van der Waals surface area contributed by atoms with E-state index in [2.05, 4.69) is 10.3 Å². The molecule has 0 spiro atoms. The van der Waals surface area contributed by atoms with Crippen molar-refractivity contribution >= 4 is 40.6 Å². The quantitative estimate of drug-likeness (QED) is 0.373. The molecule has 3 aliphatic rings. The van der Waals surface area contributed by atoms with Crippen molar-refractivity contribution in [3.05, 3.63) is 10.6 Å². The van der Waals surface area contributed by atoms with Crippen LogP contribution in [0.2, 0.25) is 0 Å². The molecule has 7 nitrogen and oxygen atoms in total. The number of carboxylic acids is 1. The molecule has 0 aromatic carbocycles. The SMILES string of the molecule is CSC1=NCC(SC2=C(C(=O)[O-])N3C(=O)[C@H]([C@@H](C)O)[C@H]3[C@H]2C)CN1.[Na+]. The summed E-state index contributed by atoms with van der Waals surface area (Å²) in [5.74, 6) is -2.34. The number of nitrogens with one attached hydrogen (secondary N) is 1. The molecule has 3 heterocycles. The Hall–Kier alpha value is -0.190. The number of β-lactam (4-membered cyclic amide) rings is 1. The van der Waals surface area contributed by atoms with E-state index in [-0.39, 0.29) is 58.4 Å². The van der Waals surface area contributed by atoms with Gasteiger partial charge in [-0.3, -0.25) is 9.79 Å². The van der Waals surface area contributed by atoms with Gasteiger partial charge >= 0.3 is 29.6 Å². The van der Waals surface area contributed by atoms with Crippen molar-refractivity contribution in [3.8, 4) is 0 Å². The van der Waals surface area contributed by atoms with Gasteiger partial charge < -0.3 is 25.2 Å². The zero-order valence-electron chi connectivity index (χ0n) is 14.7. The zero-order chi connectivity index (χ0) is 17.6. The molecule has 1 fully saturated rings. The van der Waals surface area contributed by atoms with Gasteiger partial charge in [0.2, 0.25) is 5.91 Å². The predicted molar refractivity (Wildman–Crippen MR) is 92.2 cm³/mol. The standard InChI is InChI=1S/C15H21N3O4S2.Na/c1-6-10-9(7(2)19)13(20)18(10)11(14(21)22)12(6)24-8-4-16-15(23-3)17-5-8;/h6-10,19H,4-5H2,1-3H3,(H,16,17)(H,21,22);/q;+1/p-1/t6-,7-,9-,10-;/m1./s1. The van der Waals surface area contributed by atoms with Gasteiger partial charge in [0.15, 0.2) is 5.17 Å². The number of rotatable bonds is 4. The van der Waals surface area contributed by atoms with E-state index in [0.717, 1.165) is 5.17 Å². The van der Waals surface area contributed by atoms with E-state index in [9.17, 15) is 19.8 Å². The summed E-state index contributed by atoms with van der Waals surface area (Å²) in [6.45, 7) is 4.77. The molecule has 10 heteroatoms. The average Bonchev–Trinajstić information content (AvgIpc) is 2.77. The van der Waals surface area contributed by atoms with E-state index in [1.54, 1.807) is 18.7 Å². The van der Waals surface area contributed by atoms with Crippen LogP contribution in [0.1, 0.15) is 13.8 Å². The maximum Gasteiger partial charge on any atom is 1.00 e. The molecule has 1 unspecified atom stereocenters. The van der Waals surface area contributed by atoms with Crippen molar-refractivity contribution in [3.63, 3.8) is 0 Å². The minimum Gasteiger partial charge on any atom is -0.543 e. The van der Waals surface area contributed by atoms with Gasteiger partial charge in [-0.2, -0.15) is 0 Å². The number of nitrogens with zero attached hydrogens (tertiary/aromatic N) is 2. The minimum atomic E-state index is -1.33.